The number of aryl methyl sites for hydroxylation is 1. The van der Waals surface area contributed by atoms with E-state index in [1.807, 2.05) is 17.6 Å². The fourth-order valence-electron chi connectivity index (χ4n) is 2.47. The first-order valence-electron chi connectivity index (χ1n) is 7.19. The Morgan fingerprint density at radius 3 is 2.90 bits per heavy atom. The van der Waals surface area contributed by atoms with Crippen LogP contribution in [0.15, 0.2) is 17.8 Å². The average Bonchev–Trinajstić information content (AvgIpc) is 3.07. The summed E-state index contributed by atoms with van der Waals surface area (Å²) in [6.45, 7) is 6.48. The monoisotopic (exact) mass is 294 g/mol. The topological polar surface area (TPSA) is 59.8 Å². The van der Waals surface area contributed by atoms with Crippen molar-refractivity contribution < 1.29 is 4.79 Å². The van der Waals surface area contributed by atoms with E-state index in [1.165, 1.54) is 24.6 Å². The average molecular weight is 294 g/mol. The summed E-state index contributed by atoms with van der Waals surface area (Å²) in [5.41, 5.74) is 0. The smallest absolute Gasteiger partial charge is 0.230 e. The van der Waals surface area contributed by atoms with Gasteiger partial charge in [0.1, 0.15) is 5.82 Å². The number of carbonyl (C=O) groups excluding carboxylic acids is 1. The van der Waals surface area contributed by atoms with E-state index in [1.54, 1.807) is 0 Å². The molecule has 0 atom stereocenters. The number of carbonyl (C=O) groups is 1. The van der Waals surface area contributed by atoms with E-state index in [0.29, 0.717) is 18.3 Å². The highest BCUT2D eigenvalue weighted by Crippen LogP contribution is 2.20. The molecule has 0 aromatic carbocycles. The van der Waals surface area contributed by atoms with Gasteiger partial charge in [0, 0.05) is 19.0 Å². The molecule has 1 N–H and O–H groups in total. The Bertz CT molecular complexity index is 466. The highest BCUT2D eigenvalue weighted by Gasteiger charge is 2.18. The molecule has 0 bridgehead atoms. The van der Waals surface area contributed by atoms with Crippen LogP contribution in [0.3, 0.4) is 0 Å². The second kappa shape index (κ2) is 7.47. The molecule has 0 aliphatic heterocycles. The van der Waals surface area contributed by atoms with Crippen LogP contribution in [0.1, 0.15) is 38.4 Å². The van der Waals surface area contributed by atoms with Gasteiger partial charge in [-0.3, -0.25) is 4.79 Å². The lowest BCUT2D eigenvalue weighted by Gasteiger charge is -2.11. The minimum atomic E-state index is 0.0908. The zero-order valence-corrected chi connectivity index (χ0v) is 12.8. The quantitative estimate of drug-likeness (QED) is 0.618. The molecule has 1 saturated carbocycles. The lowest BCUT2D eigenvalue weighted by Crippen LogP contribution is -2.33. The first-order valence-corrected chi connectivity index (χ1v) is 8.18. The maximum Gasteiger partial charge on any atom is 0.230 e. The van der Waals surface area contributed by atoms with Gasteiger partial charge < -0.3 is 9.88 Å². The van der Waals surface area contributed by atoms with Gasteiger partial charge in [0.15, 0.2) is 5.16 Å². The van der Waals surface area contributed by atoms with E-state index >= 15 is 0 Å². The molecule has 1 aromatic heterocycles. The molecule has 1 amide bonds. The van der Waals surface area contributed by atoms with Crippen LogP contribution in [0, 0.1) is 0 Å². The maximum atomic E-state index is 11.9. The van der Waals surface area contributed by atoms with Crippen molar-refractivity contribution in [3.8, 4) is 0 Å². The molecule has 6 heteroatoms. The van der Waals surface area contributed by atoms with Gasteiger partial charge in [-0.2, -0.15) is 0 Å². The third-order valence-corrected chi connectivity index (χ3v) is 4.44. The van der Waals surface area contributed by atoms with Crippen LogP contribution in [0.25, 0.3) is 0 Å². The summed E-state index contributed by atoms with van der Waals surface area (Å²) in [6.07, 6.45) is 7.34. The standard InChI is InChI=1S/C14H22N4OS/c1-3-9-18-12(4-2)16-17-14(18)20-10-13(19)15-11-7-5-6-8-11/h3,11H,1,4-10H2,2H3,(H,15,19). The molecule has 1 aliphatic carbocycles. The predicted molar refractivity (Wildman–Crippen MR) is 80.7 cm³/mol. The predicted octanol–water partition coefficient (Wildman–Crippen LogP) is 2.18. The first kappa shape index (κ1) is 15.1. The molecule has 1 fully saturated rings. The van der Waals surface area contributed by atoms with E-state index in [0.717, 1.165) is 30.2 Å². The highest BCUT2D eigenvalue weighted by molar-refractivity contribution is 7.99. The molecule has 0 radical (unpaired) electrons. The normalized spacial score (nSPS) is 15.4. The summed E-state index contributed by atoms with van der Waals surface area (Å²) >= 11 is 1.44. The van der Waals surface area contributed by atoms with Gasteiger partial charge in [-0.05, 0) is 12.8 Å². The van der Waals surface area contributed by atoms with Crippen molar-refractivity contribution >= 4 is 17.7 Å². The Hall–Kier alpha value is -1.30. The molecule has 2 rings (SSSR count). The maximum absolute atomic E-state index is 11.9. The van der Waals surface area contributed by atoms with Crippen LogP contribution >= 0.6 is 11.8 Å². The Morgan fingerprint density at radius 1 is 1.50 bits per heavy atom. The number of hydrogen-bond donors (Lipinski definition) is 1. The number of hydrogen-bond acceptors (Lipinski definition) is 4. The molecule has 1 aliphatic rings. The van der Waals surface area contributed by atoms with Gasteiger partial charge >= 0.3 is 0 Å². The van der Waals surface area contributed by atoms with Crippen molar-refractivity contribution in [3.63, 3.8) is 0 Å². The van der Waals surface area contributed by atoms with Gasteiger partial charge in [-0.1, -0.05) is 37.6 Å². The lowest BCUT2D eigenvalue weighted by atomic mass is 10.2. The largest absolute Gasteiger partial charge is 0.353 e. The number of thioether (sulfide) groups is 1. The van der Waals surface area contributed by atoms with Crippen molar-refractivity contribution in [2.24, 2.45) is 0 Å². The van der Waals surface area contributed by atoms with E-state index in [4.69, 9.17) is 0 Å². The number of allylic oxidation sites excluding steroid dienone is 1. The molecular weight excluding hydrogens is 272 g/mol. The summed E-state index contributed by atoms with van der Waals surface area (Å²) in [4.78, 5) is 11.9. The van der Waals surface area contributed by atoms with Crippen molar-refractivity contribution in [3.05, 3.63) is 18.5 Å². The van der Waals surface area contributed by atoms with E-state index in [-0.39, 0.29) is 5.91 Å². The van der Waals surface area contributed by atoms with Crippen molar-refractivity contribution in [2.75, 3.05) is 5.75 Å². The van der Waals surface area contributed by atoms with Gasteiger partial charge in [-0.25, -0.2) is 0 Å². The van der Waals surface area contributed by atoms with Crippen LogP contribution < -0.4 is 5.32 Å². The van der Waals surface area contributed by atoms with Crippen molar-refractivity contribution in [2.45, 2.75) is 56.8 Å². The molecule has 5 nitrogen and oxygen atoms in total. The van der Waals surface area contributed by atoms with Crippen LogP contribution in [0.5, 0.6) is 0 Å². The highest BCUT2D eigenvalue weighted by atomic mass is 32.2. The van der Waals surface area contributed by atoms with Crippen LogP contribution in [-0.4, -0.2) is 32.5 Å². The summed E-state index contributed by atoms with van der Waals surface area (Å²) in [6, 6.07) is 0.375. The number of aromatic nitrogens is 3. The zero-order valence-electron chi connectivity index (χ0n) is 12.0. The second-order valence-corrected chi connectivity index (χ2v) is 5.93. The summed E-state index contributed by atoms with van der Waals surface area (Å²) in [7, 11) is 0. The van der Waals surface area contributed by atoms with E-state index < -0.39 is 0 Å². The van der Waals surface area contributed by atoms with E-state index in [9.17, 15) is 4.79 Å². The Morgan fingerprint density at radius 2 is 2.25 bits per heavy atom. The molecule has 20 heavy (non-hydrogen) atoms. The summed E-state index contributed by atoms with van der Waals surface area (Å²) in [5.74, 6) is 1.42. The third-order valence-electron chi connectivity index (χ3n) is 3.47. The second-order valence-electron chi connectivity index (χ2n) is 4.99. The summed E-state index contributed by atoms with van der Waals surface area (Å²) < 4.78 is 2.01. The molecule has 1 aromatic rings. The first-order chi connectivity index (χ1) is 9.74. The molecule has 0 saturated heterocycles. The number of amides is 1. The van der Waals surface area contributed by atoms with Gasteiger partial charge in [-0.15, -0.1) is 16.8 Å². The number of rotatable bonds is 7. The number of nitrogens with zero attached hydrogens (tertiary/aromatic N) is 3. The minimum absolute atomic E-state index is 0.0908. The zero-order chi connectivity index (χ0) is 14.4. The molecule has 1 heterocycles. The van der Waals surface area contributed by atoms with E-state index in [2.05, 4.69) is 22.1 Å². The van der Waals surface area contributed by atoms with Crippen LogP contribution in [0.4, 0.5) is 0 Å². The summed E-state index contributed by atoms with van der Waals surface area (Å²) in [5, 5.41) is 12.2. The van der Waals surface area contributed by atoms with Crippen molar-refractivity contribution in [1.82, 2.24) is 20.1 Å². The third kappa shape index (κ3) is 3.85. The fourth-order valence-corrected chi connectivity index (χ4v) is 3.25. The van der Waals surface area contributed by atoms with Crippen LogP contribution in [-0.2, 0) is 17.8 Å². The Labute approximate surface area is 124 Å². The molecular formula is C14H22N4OS. The fraction of sp³-hybridized carbons (Fsp3) is 0.643. The Kier molecular flexibility index (Phi) is 5.64. The lowest BCUT2D eigenvalue weighted by molar-refractivity contribution is -0.119. The molecule has 0 unspecified atom stereocenters. The minimum Gasteiger partial charge on any atom is -0.353 e. The number of nitrogens with one attached hydrogen (secondary N) is 1. The SMILES string of the molecule is C=CCn1c(CC)nnc1SCC(=O)NC1CCCC1. The van der Waals surface area contributed by atoms with Gasteiger partial charge in [0.25, 0.3) is 0 Å². The van der Waals surface area contributed by atoms with Gasteiger partial charge in [0.2, 0.25) is 5.91 Å². The molecule has 110 valence electrons. The van der Waals surface area contributed by atoms with Crippen LogP contribution in [0.2, 0.25) is 0 Å². The Balaban J connectivity index is 1.87. The molecule has 0 spiro atoms. The van der Waals surface area contributed by atoms with Crippen molar-refractivity contribution in [1.29, 1.82) is 0 Å². The van der Waals surface area contributed by atoms with Gasteiger partial charge in [0.05, 0.1) is 5.75 Å².